The molecule has 1 aromatic heterocycles. The van der Waals surface area contributed by atoms with Crippen LogP contribution in [0.2, 0.25) is 0 Å². The molecule has 6 heteroatoms. The van der Waals surface area contributed by atoms with E-state index in [2.05, 4.69) is 27.4 Å². The van der Waals surface area contributed by atoms with Crippen molar-refractivity contribution in [3.8, 4) is 5.69 Å². The molecular formula is C19H20FN5. The Balaban J connectivity index is 1.53. The van der Waals surface area contributed by atoms with Gasteiger partial charge in [0.05, 0.1) is 18.6 Å². The third-order valence-corrected chi connectivity index (χ3v) is 3.79. The van der Waals surface area contributed by atoms with E-state index >= 15 is 0 Å². The van der Waals surface area contributed by atoms with Gasteiger partial charge in [-0.05, 0) is 29.7 Å². The third kappa shape index (κ3) is 4.67. The minimum absolute atomic E-state index is 0.318. The van der Waals surface area contributed by atoms with Gasteiger partial charge in [-0.15, -0.1) is 0 Å². The first-order valence-corrected chi connectivity index (χ1v) is 8.07. The van der Waals surface area contributed by atoms with E-state index in [9.17, 15) is 4.39 Å². The summed E-state index contributed by atoms with van der Waals surface area (Å²) in [5.41, 5.74) is 8.32. The van der Waals surface area contributed by atoms with Gasteiger partial charge in [0.15, 0.2) is 5.96 Å². The number of benzene rings is 2. The molecule has 1 heterocycles. The summed E-state index contributed by atoms with van der Waals surface area (Å²) in [6.07, 6.45) is 5.74. The lowest BCUT2D eigenvalue weighted by molar-refractivity contribution is 0.615. The number of nitrogens with one attached hydrogen (secondary N) is 1. The number of imidazole rings is 1. The second-order valence-corrected chi connectivity index (χ2v) is 5.62. The number of hydrogen-bond acceptors (Lipinski definition) is 2. The number of aliphatic imine (C=N–C) groups is 1. The minimum atomic E-state index is -0.318. The van der Waals surface area contributed by atoms with Gasteiger partial charge in [0.1, 0.15) is 5.82 Å². The molecule has 0 unspecified atom stereocenters. The number of guanidine groups is 1. The molecule has 0 spiro atoms. The van der Waals surface area contributed by atoms with E-state index in [-0.39, 0.29) is 5.82 Å². The molecule has 0 atom stereocenters. The first-order valence-electron chi connectivity index (χ1n) is 8.07. The van der Waals surface area contributed by atoms with E-state index < -0.39 is 0 Å². The van der Waals surface area contributed by atoms with Crippen LogP contribution in [0.4, 0.5) is 4.39 Å². The van der Waals surface area contributed by atoms with Gasteiger partial charge in [0, 0.05) is 18.9 Å². The van der Waals surface area contributed by atoms with Gasteiger partial charge in [-0.1, -0.05) is 36.4 Å². The van der Waals surface area contributed by atoms with Crippen LogP contribution in [0.5, 0.6) is 0 Å². The van der Waals surface area contributed by atoms with Crippen LogP contribution < -0.4 is 11.1 Å². The zero-order valence-electron chi connectivity index (χ0n) is 13.8. The molecule has 2 aromatic carbocycles. The largest absolute Gasteiger partial charge is 0.370 e. The van der Waals surface area contributed by atoms with Crippen LogP contribution in [0.1, 0.15) is 11.1 Å². The Kier molecular flexibility index (Phi) is 5.41. The van der Waals surface area contributed by atoms with E-state index in [1.54, 1.807) is 29.4 Å². The van der Waals surface area contributed by atoms with Crippen molar-refractivity contribution in [3.63, 3.8) is 0 Å². The lowest BCUT2D eigenvalue weighted by Gasteiger charge is -2.07. The summed E-state index contributed by atoms with van der Waals surface area (Å²) < 4.78 is 15.8. The molecule has 0 amide bonds. The maximum Gasteiger partial charge on any atom is 0.188 e. The summed E-state index contributed by atoms with van der Waals surface area (Å²) >= 11 is 0. The van der Waals surface area contributed by atoms with Crippen molar-refractivity contribution in [3.05, 3.63) is 84.2 Å². The second-order valence-electron chi connectivity index (χ2n) is 5.62. The third-order valence-electron chi connectivity index (χ3n) is 3.79. The predicted molar refractivity (Wildman–Crippen MR) is 97.0 cm³/mol. The van der Waals surface area contributed by atoms with Gasteiger partial charge in [-0.2, -0.15) is 0 Å². The van der Waals surface area contributed by atoms with E-state index in [4.69, 9.17) is 5.73 Å². The Bertz CT molecular complexity index is 828. The monoisotopic (exact) mass is 337 g/mol. The fraction of sp³-hybridized carbons (Fsp3) is 0.158. The van der Waals surface area contributed by atoms with Gasteiger partial charge in [-0.3, -0.25) is 0 Å². The molecule has 5 nitrogen and oxygen atoms in total. The number of nitrogens with two attached hydrogens (primary N) is 1. The highest BCUT2D eigenvalue weighted by atomic mass is 19.1. The summed E-state index contributed by atoms with van der Waals surface area (Å²) in [4.78, 5) is 8.18. The first-order chi connectivity index (χ1) is 12.2. The smallest absolute Gasteiger partial charge is 0.188 e. The van der Waals surface area contributed by atoms with Crippen LogP contribution in [0, 0.1) is 5.82 Å². The summed E-state index contributed by atoms with van der Waals surface area (Å²) in [7, 11) is 0. The molecule has 0 aliphatic heterocycles. The normalized spacial score (nSPS) is 11.5. The van der Waals surface area contributed by atoms with Crippen LogP contribution in [0.25, 0.3) is 5.69 Å². The number of rotatable bonds is 6. The number of halogens is 1. The maximum atomic E-state index is 14.2. The van der Waals surface area contributed by atoms with Crippen LogP contribution in [-0.2, 0) is 13.0 Å². The molecule has 0 saturated carbocycles. The average Bonchev–Trinajstić information content (AvgIpc) is 3.15. The quantitative estimate of drug-likeness (QED) is 0.537. The SMILES string of the molecule is NC(=NCc1ccc(-n2ccnc2)c(F)c1)NCCc1ccccc1. The van der Waals surface area contributed by atoms with Crippen molar-refractivity contribution in [1.82, 2.24) is 14.9 Å². The van der Waals surface area contributed by atoms with Gasteiger partial charge in [0.2, 0.25) is 0 Å². The van der Waals surface area contributed by atoms with Gasteiger partial charge in [-0.25, -0.2) is 14.4 Å². The highest BCUT2D eigenvalue weighted by Crippen LogP contribution is 2.15. The molecule has 0 aliphatic rings. The van der Waals surface area contributed by atoms with Gasteiger partial charge in [0.25, 0.3) is 0 Å². The predicted octanol–water partition coefficient (Wildman–Crippen LogP) is 2.66. The van der Waals surface area contributed by atoms with Gasteiger partial charge >= 0.3 is 0 Å². The minimum Gasteiger partial charge on any atom is -0.370 e. The number of aromatic nitrogens is 2. The Morgan fingerprint density at radius 1 is 1.16 bits per heavy atom. The van der Waals surface area contributed by atoms with Crippen molar-refractivity contribution in [2.45, 2.75) is 13.0 Å². The van der Waals surface area contributed by atoms with Crippen LogP contribution in [0.3, 0.4) is 0 Å². The molecule has 0 aliphatic carbocycles. The van der Waals surface area contributed by atoms with Crippen molar-refractivity contribution in [1.29, 1.82) is 0 Å². The van der Waals surface area contributed by atoms with Crippen LogP contribution in [0.15, 0.2) is 72.2 Å². The summed E-state index contributed by atoms with van der Waals surface area (Å²) in [6, 6.07) is 15.2. The van der Waals surface area contributed by atoms with Crippen molar-refractivity contribution in [2.24, 2.45) is 10.7 Å². The molecule has 128 valence electrons. The summed E-state index contributed by atoms with van der Waals surface area (Å²) in [5, 5.41) is 3.07. The molecular weight excluding hydrogens is 317 g/mol. The van der Waals surface area contributed by atoms with Crippen molar-refractivity contribution in [2.75, 3.05) is 6.54 Å². The average molecular weight is 337 g/mol. The molecule has 0 fully saturated rings. The molecule has 3 aromatic rings. The lowest BCUT2D eigenvalue weighted by Crippen LogP contribution is -2.33. The highest BCUT2D eigenvalue weighted by molar-refractivity contribution is 5.77. The molecule has 3 N–H and O–H groups in total. The van der Waals surface area contributed by atoms with Crippen molar-refractivity contribution < 1.29 is 4.39 Å². The van der Waals surface area contributed by atoms with Crippen LogP contribution >= 0.6 is 0 Å². The number of hydrogen-bond donors (Lipinski definition) is 2. The van der Waals surface area contributed by atoms with E-state index in [1.807, 2.05) is 24.3 Å². The molecule has 0 saturated heterocycles. The highest BCUT2D eigenvalue weighted by Gasteiger charge is 2.05. The van der Waals surface area contributed by atoms with Crippen LogP contribution in [-0.4, -0.2) is 22.1 Å². The van der Waals surface area contributed by atoms with Crippen molar-refractivity contribution >= 4 is 5.96 Å². The molecule has 25 heavy (non-hydrogen) atoms. The Labute approximate surface area is 146 Å². The fourth-order valence-corrected chi connectivity index (χ4v) is 2.47. The lowest BCUT2D eigenvalue weighted by atomic mass is 10.1. The molecule has 0 radical (unpaired) electrons. The van der Waals surface area contributed by atoms with E-state index in [0.717, 1.165) is 12.0 Å². The Hall–Kier alpha value is -3.15. The van der Waals surface area contributed by atoms with Gasteiger partial charge < -0.3 is 15.6 Å². The maximum absolute atomic E-state index is 14.2. The molecule has 0 bridgehead atoms. The first kappa shape index (κ1) is 16.7. The zero-order valence-corrected chi connectivity index (χ0v) is 13.8. The second kappa shape index (κ2) is 8.10. The zero-order chi connectivity index (χ0) is 17.5. The Morgan fingerprint density at radius 3 is 2.72 bits per heavy atom. The summed E-state index contributed by atoms with van der Waals surface area (Å²) in [5.74, 6) is 0.0383. The summed E-state index contributed by atoms with van der Waals surface area (Å²) in [6.45, 7) is 1.03. The number of nitrogens with zero attached hydrogens (tertiary/aromatic N) is 3. The van der Waals surface area contributed by atoms with E-state index in [0.29, 0.717) is 24.7 Å². The topological polar surface area (TPSA) is 68.2 Å². The Morgan fingerprint density at radius 2 is 2.00 bits per heavy atom. The standard InChI is InChI=1S/C19H20FN5/c20-17-12-16(6-7-18(17)25-11-10-22-14-25)13-24-19(21)23-9-8-15-4-2-1-3-5-15/h1-7,10-12,14H,8-9,13H2,(H3,21,23,24). The van der Waals surface area contributed by atoms with E-state index in [1.165, 1.54) is 11.6 Å². The molecule has 3 rings (SSSR count). The fourth-order valence-electron chi connectivity index (χ4n) is 2.47.